The van der Waals surface area contributed by atoms with Crippen molar-refractivity contribution in [3.63, 3.8) is 0 Å². The molecule has 0 saturated heterocycles. The van der Waals surface area contributed by atoms with Crippen LogP contribution in [-0.2, 0) is 5.75 Å². The predicted molar refractivity (Wildman–Crippen MR) is 78.1 cm³/mol. The highest BCUT2D eigenvalue weighted by atomic mass is 32.2. The number of aryl methyl sites for hydroxylation is 1. The van der Waals surface area contributed by atoms with Gasteiger partial charge in [-0.3, -0.25) is 0 Å². The summed E-state index contributed by atoms with van der Waals surface area (Å²) in [5.74, 6) is 0.919. The number of methoxy groups -OCH3 is 1. The molecule has 2 rings (SSSR count). The number of halogens is 1. The Morgan fingerprint density at radius 1 is 1.26 bits per heavy atom. The van der Waals surface area contributed by atoms with E-state index in [1.54, 1.807) is 6.07 Å². The third-order valence-corrected chi connectivity index (χ3v) is 4.01. The third kappa shape index (κ3) is 3.20. The van der Waals surface area contributed by atoms with Gasteiger partial charge in [-0.1, -0.05) is 24.3 Å². The molecule has 0 radical (unpaired) electrons. The SMILES string of the molecule is COc1cc(SCc2ccccc2C)c(F)cc1N. The lowest BCUT2D eigenvalue weighted by molar-refractivity contribution is 0.414. The van der Waals surface area contributed by atoms with E-state index < -0.39 is 0 Å². The molecule has 2 nitrogen and oxygen atoms in total. The number of hydrogen-bond donors (Lipinski definition) is 1. The van der Waals surface area contributed by atoms with E-state index in [9.17, 15) is 4.39 Å². The summed E-state index contributed by atoms with van der Waals surface area (Å²) >= 11 is 1.44. The Bertz CT molecular complexity index is 586. The molecule has 0 fully saturated rings. The molecule has 2 aromatic carbocycles. The smallest absolute Gasteiger partial charge is 0.143 e. The number of nitrogens with two attached hydrogens (primary N) is 1. The summed E-state index contributed by atoms with van der Waals surface area (Å²) in [7, 11) is 1.53. The number of thioether (sulfide) groups is 1. The zero-order valence-corrected chi connectivity index (χ0v) is 11.8. The molecular weight excluding hydrogens is 261 g/mol. The highest BCUT2D eigenvalue weighted by Crippen LogP contribution is 2.33. The molecule has 2 aromatic rings. The number of nitrogen functional groups attached to an aromatic ring is 1. The van der Waals surface area contributed by atoms with Crippen molar-refractivity contribution in [1.29, 1.82) is 0 Å². The Morgan fingerprint density at radius 3 is 2.68 bits per heavy atom. The first-order valence-electron chi connectivity index (χ1n) is 5.92. The van der Waals surface area contributed by atoms with E-state index in [2.05, 4.69) is 19.1 Å². The van der Waals surface area contributed by atoms with Crippen molar-refractivity contribution in [2.24, 2.45) is 0 Å². The molecule has 0 aliphatic heterocycles. The molecule has 0 bridgehead atoms. The van der Waals surface area contributed by atoms with E-state index >= 15 is 0 Å². The molecule has 0 heterocycles. The van der Waals surface area contributed by atoms with Gasteiger partial charge in [-0.2, -0.15) is 0 Å². The molecule has 0 spiro atoms. The van der Waals surface area contributed by atoms with Crippen LogP contribution in [0.3, 0.4) is 0 Å². The van der Waals surface area contributed by atoms with Crippen molar-refractivity contribution in [3.05, 3.63) is 53.3 Å². The second kappa shape index (κ2) is 5.97. The van der Waals surface area contributed by atoms with E-state index in [-0.39, 0.29) is 5.82 Å². The molecule has 100 valence electrons. The van der Waals surface area contributed by atoms with Gasteiger partial charge >= 0.3 is 0 Å². The van der Waals surface area contributed by atoms with Crippen molar-refractivity contribution >= 4 is 17.4 Å². The van der Waals surface area contributed by atoms with Crippen molar-refractivity contribution in [2.75, 3.05) is 12.8 Å². The molecule has 2 N–H and O–H groups in total. The van der Waals surface area contributed by atoms with Crippen molar-refractivity contribution < 1.29 is 9.13 Å². The Kier molecular flexibility index (Phi) is 4.32. The standard InChI is InChI=1S/C15H16FNOS/c1-10-5-3-4-6-11(10)9-19-15-8-14(18-2)13(17)7-12(15)16/h3-8H,9,17H2,1-2H3. The zero-order valence-electron chi connectivity index (χ0n) is 10.9. The summed E-state index contributed by atoms with van der Waals surface area (Å²) in [4.78, 5) is 0.550. The van der Waals surface area contributed by atoms with Crippen LogP contribution in [0.1, 0.15) is 11.1 Å². The van der Waals surface area contributed by atoms with E-state index in [0.717, 1.165) is 5.75 Å². The molecule has 0 aliphatic carbocycles. The van der Waals surface area contributed by atoms with Gasteiger partial charge in [-0.25, -0.2) is 4.39 Å². The molecule has 0 saturated carbocycles. The number of ether oxygens (including phenoxy) is 1. The number of hydrogen-bond acceptors (Lipinski definition) is 3. The van der Waals surface area contributed by atoms with Crippen molar-refractivity contribution in [3.8, 4) is 5.75 Å². The summed E-state index contributed by atoms with van der Waals surface area (Å²) < 4.78 is 18.9. The second-order valence-electron chi connectivity index (χ2n) is 4.24. The summed E-state index contributed by atoms with van der Waals surface area (Å²) in [5, 5.41) is 0. The first-order chi connectivity index (χ1) is 9.11. The fraction of sp³-hybridized carbons (Fsp3) is 0.200. The predicted octanol–water partition coefficient (Wildman–Crippen LogP) is 4.02. The van der Waals surface area contributed by atoms with Gasteiger partial charge in [-0.05, 0) is 24.1 Å². The Hall–Kier alpha value is -1.68. The number of anilines is 1. The highest BCUT2D eigenvalue weighted by molar-refractivity contribution is 7.98. The van der Waals surface area contributed by atoms with Gasteiger partial charge in [0.1, 0.15) is 11.6 Å². The van der Waals surface area contributed by atoms with Gasteiger partial charge in [0, 0.05) is 16.7 Å². The minimum atomic E-state index is -0.308. The van der Waals surface area contributed by atoms with Crippen molar-refractivity contribution in [1.82, 2.24) is 0 Å². The van der Waals surface area contributed by atoms with Crippen LogP contribution in [-0.4, -0.2) is 7.11 Å². The van der Waals surface area contributed by atoms with Gasteiger partial charge in [0.25, 0.3) is 0 Å². The van der Waals surface area contributed by atoms with Gasteiger partial charge in [0.2, 0.25) is 0 Å². The summed E-state index contributed by atoms with van der Waals surface area (Å²) in [6.07, 6.45) is 0. The lowest BCUT2D eigenvalue weighted by Crippen LogP contribution is -1.95. The molecular formula is C15H16FNOS. The molecule has 19 heavy (non-hydrogen) atoms. The maximum Gasteiger partial charge on any atom is 0.143 e. The summed E-state index contributed by atoms with van der Waals surface area (Å²) in [6, 6.07) is 11.0. The Morgan fingerprint density at radius 2 is 2.00 bits per heavy atom. The topological polar surface area (TPSA) is 35.2 Å². The lowest BCUT2D eigenvalue weighted by atomic mass is 10.1. The molecule has 4 heteroatoms. The summed E-state index contributed by atoms with van der Waals surface area (Å²) in [5.41, 5.74) is 8.38. The maximum atomic E-state index is 13.8. The first-order valence-corrected chi connectivity index (χ1v) is 6.90. The zero-order chi connectivity index (χ0) is 13.8. The van der Waals surface area contributed by atoms with E-state index in [0.29, 0.717) is 16.3 Å². The van der Waals surface area contributed by atoms with E-state index in [1.165, 1.54) is 36.1 Å². The van der Waals surface area contributed by atoms with Crippen LogP contribution in [0.5, 0.6) is 5.75 Å². The van der Waals surface area contributed by atoms with E-state index in [1.807, 2.05) is 12.1 Å². The first kappa shape index (κ1) is 13.7. The van der Waals surface area contributed by atoms with Crippen LogP contribution in [0.15, 0.2) is 41.3 Å². The van der Waals surface area contributed by atoms with Gasteiger partial charge in [0.15, 0.2) is 0 Å². The third-order valence-electron chi connectivity index (χ3n) is 2.93. The lowest BCUT2D eigenvalue weighted by Gasteiger charge is -2.10. The monoisotopic (exact) mass is 277 g/mol. The second-order valence-corrected chi connectivity index (χ2v) is 5.26. The largest absolute Gasteiger partial charge is 0.495 e. The number of benzene rings is 2. The van der Waals surface area contributed by atoms with Crippen LogP contribution in [0.2, 0.25) is 0 Å². The quantitative estimate of drug-likeness (QED) is 0.677. The molecule has 0 aromatic heterocycles. The minimum Gasteiger partial charge on any atom is -0.495 e. The maximum absolute atomic E-state index is 13.8. The van der Waals surface area contributed by atoms with Crippen LogP contribution in [0, 0.1) is 12.7 Å². The van der Waals surface area contributed by atoms with Gasteiger partial charge < -0.3 is 10.5 Å². The van der Waals surface area contributed by atoms with Gasteiger partial charge in [0.05, 0.1) is 12.8 Å². The highest BCUT2D eigenvalue weighted by Gasteiger charge is 2.09. The number of rotatable bonds is 4. The van der Waals surface area contributed by atoms with Crippen molar-refractivity contribution in [2.45, 2.75) is 17.6 Å². The average Bonchev–Trinajstić information content (AvgIpc) is 2.39. The van der Waals surface area contributed by atoms with Crippen LogP contribution < -0.4 is 10.5 Å². The van der Waals surface area contributed by atoms with Crippen LogP contribution in [0.4, 0.5) is 10.1 Å². The Labute approximate surface area is 116 Å². The fourth-order valence-electron chi connectivity index (χ4n) is 1.77. The normalized spacial score (nSPS) is 10.5. The van der Waals surface area contributed by atoms with E-state index in [4.69, 9.17) is 10.5 Å². The van der Waals surface area contributed by atoms with Crippen LogP contribution in [0.25, 0.3) is 0 Å². The summed E-state index contributed by atoms with van der Waals surface area (Å²) in [6.45, 7) is 2.05. The minimum absolute atomic E-state index is 0.308. The fourth-order valence-corrected chi connectivity index (χ4v) is 2.79. The molecule has 0 unspecified atom stereocenters. The van der Waals surface area contributed by atoms with Crippen LogP contribution >= 0.6 is 11.8 Å². The molecule has 0 aliphatic rings. The Balaban J connectivity index is 2.18. The van der Waals surface area contributed by atoms with Gasteiger partial charge in [-0.15, -0.1) is 11.8 Å². The average molecular weight is 277 g/mol. The molecule has 0 atom stereocenters. The molecule has 0 amide bonds.